The third-order valence-corrected chi connectivity index (χ3v) is 4.61. The van der Waals surface area contributed by atoms with E-state index in [-0.39, 0.29) is 5.92 Å². The number of amides is 1. The standard InChI is InChI=1S/C13H16N2OS/c16-13(15-7-5-14-6-8-15)11-9-17-12-4-2-1-3-10(11)12/h1-4,11,14H,5-9H2. The van der Waals surface area contributed by atoms with E-state index in [1.165, 1.54) is 10.5 Å². The summed E-state index contributed by atoms with van der Waals surface area (Å²) in [5.41, 5.74) is 1.22. The molecule has 1 unspecified atom stereocenters. The normalized spacial score (nSPS) is 23.5. The Morgan fingerprint density at radius 3 is 2.88 bits per heavy atom. The van der Waals surface area contributed by atoms with Crippen molar-refractivity contribution in [2.24, 2.45) is 0 Å². The van der Waals surface area contributed by atoms with Gasteiger partial charge in [-0.15, -0.1) is 11.8 Å². The number of hydrogen-bond donors (Lipinski definition) is 1. The van der Waals surface area contributed by atoms with Crippen LogP contribution < -0.4 is 5.32 Å². The van der Waals surface area contributed by atoms with Gasteiger partial charge in [0.15, 0.2) is 0 Å². The van der Waals surface area contributed by atoms with E-state index >= 15 is 0 Å². The van der Waals surface area contributed by atoms with Gasteiger partial charge in [0.1, 0.15) is 0 Å². The minimum atomic E-state index is 0.0781. The SMILES string of the molecule is O=C(C1CSc2ccccc21)N1CCNCC1. The van der Waals surface area contributed by atoms with Crippen molar-refractivity contribution in [3.8, 4) is 0 Å². The Kier molecular flexibility index (Phi) is 3.07. The van der Waals surface area contributed by atoms with Crippen molar-refractivity contribution in [3.63, 3.8) is 0 Å². The van der Waals surface area contributed by atoms with Gasteiger partial charge in [-0.25, -0.2) is 0 Å². The number of fused-ring (bicyclic) bond motifs is 1. The fourth-order valence-corrected chi connectivity index (χ4v) is 3.69. The molecule has 0 aromatic heterocycles. The van der Waals surface area contributed by atoms with Crippen molar-refractivity contribution >= 4 is 17.7 Å². The molecule has 1 aromatic carbocycles. The van der Waals surface area contributed by atoms with Crippen LogP contribution in [0, 0.1) is 0 Å². The second kappa shape index (κ2) is 4.70. The average Bonchev–Trinajstić information content (AvgIpc) is 2.83. The van der Waals surface area contributed by atoms with Crippen molar-refractivity contribution in [2.45, 2.75) is 10.8 Å². The number of rotatable bonds is 1. The largest absolute Gasteiger partial charge is 0.340 e. The molecule has 2 heterocycles. The maximum atomic E-state index is 12.4. The molecule has 3 nitrogen and oxygen atoms in total. The zero-order chi connectivity index (χ0) is 11.7. The fraction of sp³-hybridized carbons (Fsp3) is 0.462. The van der Waals surface area contributed by atoms with Crippen molar-refractivity contribution < 1.29 is 4.79 Å². The maximum absolute atomic E-state index is 12.4. The van der Waals surface area contributed by atoms with Gasteiger partial charge in [0.25, 0.3) is 0 Å². The highest BCUT2D eigenvalue weighted by Gasteiger charge is 2.32. The summed E-state index contributed by atoms with van der Waals surface area (Å²) in [6.45, 7) is 3.55. The lowest BCUT2D eigenvalue weighted by molar-refractivity contribution is -0.132. The third kappa shape index (κ3) is 2.07. The van der Waals surface area contributed by atoms with E-state index in [2.05, 4.69) is 17.4 Å². The third-order valence-electron chi connectivity index (χ3n) is 3.43. The Morgan fingerprint density at radius 1 is 1.29 bits per heavy atom. The first-order valence-corrected chi connectivity index (χ1v) is 7.06. The maximum Gasteiger partial charge on any atom is 0.231 e. The highest BCUT2D eigenvalue weighted by Crippen LogP contribution is 2.40. The first kappa shape index (κ1) is 11.1. The van der Waals surface area contributed by atoms with Crippen LogP contribution in [0.15, 0.2) is 29.2 Å². The minimum absolute atomic E-state index is 0.0781. The number of hydrogen-bond acceptors (Lipinski definition) is 3. The van der Waals surface area contributed by atoms with Crippen molar-refractivity contribution in [1.29, 1.82) is 0 Å². The molecular formula is C13H16N2OS. The van der Waals surface area contributed by atoms with E-state index in [1.807, 2.05) is 17.0 Å². The summed E-state index contributed by atoms with van der Waals surface area (Å²) in [5.74, 6) is 1.29. The number of carbonyl (C=O) groups is 1. The van der Waals surface area contributed by atoms with Crippen LogP contribution in [-0.2, 0) is 4.79 Å². The van der Waals surface area contributed by atoms with Crippen molar-refractivity contribution in [3.05, 3.63) is 29.8 Å². The topological polar surface area (TPSA) is 32.3 Å². The van der Waals surface area contributed by atoms with Crippen LogP contribution in [-0.4, -0.2) is 42.7 Å². The second-order valence-electron chi connectivity index (χ2n) is 4.48. The van der Waals surface area contributed by atoms with Crippen LogP contribution in [0.2, 0.25) is 0 Å². The Hall–Kier alpha value is -1.00. The number of benzene rings is 1. The van der Waals surface area contributed by atoms with Crippen LogP contribution in [0.25, 0.3) is 0 Å². The summed E-state index contributed by atoms with van der Waals surface area (Å²) in [6, 6.07) is 8.29. The molecule has 1 amide bonds. The molecule has 90 valence electrons. The molecular weight excluding hydrogens is 232 g/mol. The molecule has 1 aromatic rings. The fourth-order valence-electron chi connectivity index (χ4n) is 2.47. The first-order valence-electron chi connectivity index (χ1n) is 6.07. The predicted octanol–water partition coefficient (Wildman–Crippen LogP) is 1.31. The summed E-state index contributed by atoms with van der Waals surface area (Å²) < 4.78 is 0. The Balaban J connectivity index is 1.79. The molecule has 1 N–H and O–H groups in total. The molecule has 2 aliphatic heterocycles. The highest BCUT2D eigenvalue weighted by molar-refractivity contribution is 7.99. The molecule has 1 atom stereocenters. The quantitative estimate of drug-likeness (QED) is 0.813. The van der Waals surface area contributed by atoms with Gasteiger partial charge in [0.2, 0.25) is 5.91 Å². The van der Waals surface area contributed by atoms with Gasteiger partial charge in [-0.3, -0.25) is 4.79 Å². The van der Waals surface area contributed by atoms with Crippen molar-refractivity contribution in [2.75, 3.05) is 31.9 Å². The Labute approximate surface area is 106 Å². The van der Waals surface area contributed by atoms with E-state index in [0.29, 0.717) is 5.91 Å². The Bertz CT molecular complexity index is 429. The number of nitrogens with one attached hydrogen (secondary N) is 1. The predicted molar refractivity (Wildman–Crippen MR) is 69.4 cm³/mol. The van der Waals surface area contributed by atoms with Crippen molar-refractivity contribution in [1.82, 2.24) is 10.2 Å². The van der Waals surface area contributed by atoms with Gasteiger partial charge in [-0.05, 0) is 11.6 Å². The summed E-state index contributed by atoms with van der Waals surface area (Å²) in [5, 5.41) is 3.28. The van der Waals surface area contributed by atoms with Crippen LogP contribution in [0.4, 0.5) is 0 Å². The molecule has 0 spiro atoms. The molecule has 0 radical (unpaired) electrons. The highest BCUT2D eigenvalue weighted by atomic mass is 32.2. The van der Waals surface area contributed by atoms with Gasteiger partial charge in [0.05, 0.1) is 5.92 Å². The van der Waals surface area contributed by atoms with E-state index in [1.54, 1.807) is 11.8 Å². The molecule has 3 rings (SSSR count). The number of nitrogens with zero attached hydrogens (tertiary/aromatic N) is 1. The molecule has 4 heteroatoms. The number of carbonyl (C=O) groups excluding carboxylic acids is 1. The lowest BCUT2D eigenvalue weighted by Gasteiger charge is -2.29. The molecule has 0 aliphatic carbocycles. The van der Waals surface area contributed by atoms with Gasteiger partial charge in [-0.1, -0.05) is 18.2 Å². The smallest absolute Gasteiger partial charge is 0.231 e. The number of piperazine rings is 1. The molecule has 1 saturated heterocycles. The summed E-state index contributed by atoms with van der Waals surface area (Å²) in [7, 11) is 0. The average molecular weight is 248 g/mol. The molecule has 0 bridgehead atoms. The van der Waals surface area contributed by atoms with Crippen LogP contribution in [0.3, 0.4) is 0 Å². The van der Waals surface area contributed by atoms with Crippen LogP contribution in [0.5, 0.6) is 0 Å². The molecule has 2 aliphatic rings. The zero-order valence-electron chi connectivity index (χ0n) is 9.69. The minimum Gasteiger partial charge on any atom is -0.340 e. The molecule has 1 fully saturated rings. The number of thioether (sulfide) groups is 1. The van der Waals surface area contributed by atoms with Gasteiger partial charge < -0.3 is 10.2 Å². The molecule has 0 saturated carbocycles. The van der Waals surface area contributed by atoms with Crippen LogP contribution in [0.1, 0.15) is 11.5 Å². The van der Waals surface area contributed by atoms with E-state index in [9.17, 15) is 4.79 Å². The summed E-state index contributed by atoms with van der Waals surface area (Å²) >= 11 is 1.81. The monoisotopic (exact) mass is 248 g/mol. The molecule has 17 heavy (non-hydrogen) atoms. The van der Waals surface area contributed by atoms with E-state index in [0.717, 1.165) is 31.9 Å². The van der Waals surface area contributed by atoms with Gasteiger partial charge in [0, 0.05) is 36.8 Å². The van der Waals surface area contributed by atoms with E-state index in [4.69, 9.17) is 0 Å². The lowest BCUT2D eigenvalue weighted by atomic mass is 9.99. The van der Waals surface area contributed by atoms with E-state index < -0.39 is 0 Å². The summed E-state index contributed by atoms with van der Waals surface area (Å²) in [4.78, 5) is 15.7. The first-order chi connectivity index (χ1) is 8.36. The second-order valence-corrected chi connectivity index (χ2v) is 5.54. The summed E-state index contributed by atoms with van der Waals surface area (Å²) in [6.07, 6.45) is 0. The van der Waals surface area contributed by atoms with Gasteiger partial charge in [-0.2, -0.15) is 0 Å². The zero-order valence-corrected chi connectivity index (χ0v) is 10.5. The van der Waals surface area contributed by atoms with Gasteiger partial charge >= 0.3 is 0 Å². The van der Waals surface area contributed by atoms with Crippen LogP contribution >= 0.6 is 11.8 Å². The lowest BCUT2D eigenvalue weighted by Crippen LogP contribution is -2.48. The Morgan fingerprint density at radius 2 is 2.06 bits per heavy atom.